The van der Waals surface area contributed by atoms with Crippen molar-refractivity contribution in [1.82, 2.24) is 0 Å². The zero-order chi connectivity index (χ0) is 25.5. The van der Waals surface area contributed by atoms with E-state index >= 15 is 0 Å². The number of hydrogen-bond donors (Lipinski definition) is 0. The molecule has 0 saturated heterocycles. The minimum atomic E-state index is 0.523. The van der Waals surface area contributed by atoms with Crippen molar-refractivity contribution in [1.29, 1.82) is 0 Å². The number of nitrogens with zero attached hydrogens (tertiary/aromatic N) is 2. The van der Waals surface area contributed by atoms with Crippen LogP contribution in [0.1, 0.15) is 111 Å². The molecular formula is C33H51N2+. The van der Waals surface area contributed by atoms with E-state index in [1.807, 2.05) is 0 Å². The van der Waals surface area contributed by atoms with Crippen LogP contribution in [0.2, 0.25) is 0 Å². The minimum absolute atomic E-state index is 0.523. The third kappa shape index (κ3) is 6.19. The lowest BCUT2D eigenvalue weighted by Gasteiger charge is -2.25. The molecule has 2 unspecified atom stereocenters. The molecule has 2 heteroatoms. The average Bonchev–Trinajstić information content (AvgIpc) is 3.19. The normalized spacial score (nSPS) is 17.8. The van der Waals surface area contributed by atoms with Gasteiger partial charge in [0.1, 0.15) is 23.5 Å². The van der Waals surface area contributed by atoms with Crippen LogP contribution in [0.25, 0.3) is 0 Å². The Balaban J connectivity index is 2.07. The molecule has 0 spiro atoms. The van der Waals surface area contributed by atoms with E-state index in [9.17, 15) is 0 Å². The predicted octanol–water partition coefficient (Wildman–Crippen LogP) is 9.41. The van der Waals surface area contributed by atoms with Crippen LogP contribution in [0.3, 0.4) is 0 Å². The Morgan fingerprint density at radius 2 is 1.20 bits per heavy atom. The number of aryl methyl sites for hydroxylation is 2. The van der Waals surface area contributed by atoms with Gasteiger partial charge < -0.3 is 0 Å². The molecule has 1 aliphatic heterocycles. The average molecular weight is 476 g/mol. The number of unbranched alkanes of at least 4 members (excludes halogenated alkanes) is 6. The van der Waals surface area contributed by atoms with E-state index in [-0.39, 0.29) is 0 Å². The van der Waals surface area contributed by atoms with Crippen LogP contribution in [0.4, 0.5) is 11.4 Å². The fourth-order valence-electron chi connectivity index (χ4n) is 5.82. The molecule has 0 bridgehead atoms. The third-order valence-electron chi connectivity index (χ3n) is 8.73. The van der Waals surface area contributed by atoms with Gasteiger partial charge in [-0.05, 0) is 113 Å². The lowest BCUT2D eigenvalue weighted by molar-refractivity contribution is -0.476. The molecule has 1 aliphatic rings. The SMILES string of the molecule is CCCCCCC1C(CCCCCC)[N+](c2ccc(C)c(C)c2C)=CN1c1ccc(C)c(C)c1C. The Hall–Kier alpha value is -2.09. The first kappa shape index (κ1) is 27.5. The molecule has 0 radical (unpaired) electrons. The molecule has 2 aromatic rings. The summed E-state index contributed by atoms with van der Waals surface area (Å²) < 4.78 is 2.66. The van der Waals surface area contributed by atoms with Crippen molar-refractivity contribution in [3.63, 3.8) is 0 Å². The smallest absolute Gasteiger partial charge is 0.226 e. The van der Waals surface area contributed by atoms with Gasteiger partial charge in [0.25, 0.3) is 0 Å². The van der Waals surface area contributed by atoms with Crippen molar-refractivity contribution in [3.05, 3.63) is 57.6 Å². The second-order valence-corrected chi connectivity index (χ2v) is 11.1. The fourth-order valence-corrected chi connectivity index (χ4v) is 5.82. The summed E-state index contributed by atoms with van der Waals surface area (Å²) >= 11 is 0. The van der Waals surface area contributed by atoms with Gasteiger partial charge in [-0.25, -0.2) is 9.48 Å². The summed E-state index contributed by atoms with van der Waals surface area (Å²) in [6.07, 6.45) is 15.6. The molecule has 0 amide bonds. The highest BCUT2D eigenvalue weighted by Gasteiger charge is 2.43. The van der Waals surface area contributed by atoms with Crippen molar-refractivity contribution in [3.8, 4) is 0 Å². The van der Waals surface area contributed by atoms with E-state index in [0.29, 0.717) is 12.1 Å². The van der Waals surface area contributed by atoms with Crippen LogP contribution < -0.4 is 4.90 Å². The van der Waals surface area contributed by atoms with Crippen LogP contribution in [0, 0.1) is 41.5 Å². The van der Waals surface area contributed by atoms with Crippen LogP contribution in [0.5, 0.6) is 0 Å². The van der Waals surface area contributed by atoms with Gasteiger partial charge in [0.2, 0.25) is 6.34 Å². The summed E-state index contributed by atoms with van der Waals surface area (Å²) in [5, 5.41) is 0. The highest BCUT2D eigenvalue weighted by atomic mass is 15.3. The summed E-state index contributed by atoms with van der Waals surface area (Å²) in [6.45, 7) is 18.3. The van der Waals surface area contributed by atoms with Gasteiger partial charge in [-0.3, -0.25) is 0 Å². The maximum Gasteiger partial charge on any atom is 0.245 e. The fraction of sp³-hybridized carbons (Fsp3) is 0.606. The lowest BCUT2D eigenvalue weighted by atomic mass is 9.93. The van der Waals surface area contributed by atoms with Gasteiger partial charge in [-0.1, -0.05) is 64.5 Å². The Labute approximate surface area is 216 Å². The number of anilines is 1. The number of rotatable bonds is 12. The first-order valence-electron chi connectivity index (χ1n) is 14.4. The number of benzene rings is 2. The molecule has 0 saturated carbocycles. The Kier molecular flexibility index (Phi) is 10.0. The van der Waals surface area contributed by atoms with Crippen LogP contribution in [-0.2, 0) is 0 Å². The van der Waals surface area contributed by atoms with E-state index in [2.05, 4.69) is 95.5 Å². The second kappa shape index (κ2) is 12.7. The molecule has 2 atom stereocenters. The lowest BCUT2D eigenvalue weighted by Crippen LogP contribution is -2.39. The molecule has 192 valence electrons. The molecule has 35 heavy (non-hydrogen) atoms. The first-order valence-corrected chi connectivity index (χ1v) is 14.4. The van der Waals surface area contributed by atoms with E-state index in [1.54, 1.807) is 0 Å². The van der Waals surface area contributed by atoms with E-state index in [4.69, 9.17) is 0 Å². The summed E-state index contributed by atoms with van der Waals surface area (Å²) in [5.41, 5.74) is 11.3. The van der Waals surface area contributed by atoms with Gasteiger partial charge >= 0.3 is 0 Å². The van der Waals surface area contributed by atoms with Crippen molar-refractivity contribution >= 4 is 17.7 Å². The third-order valence-corrected chi connectivity index (χ3v) is 8.73. The predicted molar refractivity (Wildman–Crippen MR) is 155 cm³/mol. The van der Waals surface area contributed by atoms with Crippen LogP contribution >= 0.6 is 0 Å². The zero-order valence-corrected chi connectivity index (χ0v) is 24.0. The first-order chi connectivity index (χ1) is 16.8. The van der Waals surface area contributed by atoms with Crippen molar-refractivity contribution in [2.24, 2.45) is 0 Å². The molecular weight excluding hydrogens is 424 g/mol. The minimum Gasteiger partial charge on any atom is -0.226 e. The Morgan fingerprint density at radius 1 is 0.629 bits per heavy atom. The van der Waals surface area contributed by atoms with Gasteiger partial charge in [-0.2, -0.15) is 0 Å². The van der Waals surface area contributed by atoms with Gasteiger partial charge in [0, 0.05) is 0 Å². The van der Waals surface area contributed by atoms with Crippen LogP contribution in [0.15, 0.2) is 24.3 Å². The van der Waals surface area contributed by atoms with Gasteiger partial charge in [0.15, 0.2) is 0 Å². The van der Waals surface area contributed by atoms with Gasteiger partial charge in [0.05, 0.1) is 0 Å². The van der Waals surface area contributed by atoms with E-state index in [0.717, 1.165) is 0 Å². The highest BCUT2D eigenvalue weighted by molar-refractivity contribution is 5.82. The maximum absolute atomic E-state index is 2.66. The summed E-state index contributed by atoms with van der Waals surface area (Å²) in [6, 6.07) is 10.4. The van der Waals surface area contributed by atoms with Crippen LogP contribution in [-0.4, -0.2) is 23.0 Å². The molecule has 2 aromatic carbocycles. The molecule has 2 nitrogen and oxygen atoms in total. The quantitative estimate of drug-likeness (QED) is 0.219. The monoisotopic (exact) mass is 475 g/mol. The summed E-state index contributed by atoms with van der Waals surface area (Å²) in [4.78, 5) is 2.66. The zero-order valence-electron chi connectivity index (χ0n) is 24.0. The molecule has 0 N–H and O–H groups in total. The Bertz CT molecular complexity index is 1020. The highest BCUT2D eigenvalue weighted by Crippen LogP contribution is 2.37. The van der Waals surface area contributed by atoms with Crippen molar-refractivity contribution in [2.75, 3.05) is 4.90 Å². The van der Waals surface area contributed by atoms with Crippen molar-refractivity contribution in [2.45, 2.75) is 132 Å². The summed E-state index contributed by atoms with van der Waals surface area (Å²) in [5.74, 6) is 0. The largest absolute Gasteiger partial charge is 0.245 e. The summed E-state index contributed by atoms with van der Waals surface area (Å²) in [7, 11) is 0. The molecule has 3 rings (SSSR count). The number of hydrogen-bond acceptors (Lipinski definition) is 1. The van der Waals surface area contributed by atoms with E-state index in [1.165, 1.54) is 109 Å². The maximum atomic E-state index is 2.66. The van der Waals surface area contributed by atoms with E-state index < -0.39 is 0 Å². The topological polar surface area (TPSA) is 6.25 Å². The molecule has 0 aliphatic carbocycles. The standard InChI is InChI=1S/C33H51N2/c1-9-11-13-15-17-32-33(18-16-14-12-10-2)35(31-22-20-25(4)27(6)29(31)8)23-34(32)30-21-19-24(3)26(5)28(30)7/h19-23,32-33H,9-18H2,1-8H3/q+1. The second-order valence-electron chi connectivity index (χ2n) is 11.1. The van der Waals surface area contributed by atoms with Gasteiger partial charge in [-0.15, -0.1) is 0 Å². The molecule has 1 heterocycles. The Morgan fingerprint density at radius 3 is 1.83 bits per heavy atom. The molecule has 0 fully saturated rings. The molecule has 0 aromatic heterocycles. The van der Waals surface area contributed by atoms with Crippen molar-refractivity contribution < 1.29 is 4.58 Å².